The van der Waals surface area contributed by atoms with E-state index in [4.69, 9.17) is 0 Å². The van der Waals surface area contributed by atoms with Crippen LogP contribution in [0.25, 0.3) is 0 Å². The Kier molecular flexibility index (Phi) is 1.92. The van der Waals surface area contributed by atoms with Crippen LogP contribution in [-0.4, -0.2) is 10.0 Å². The van der Waals surface area contributed by atoms with Crippen LogP contribution in [0.3, 0.4) is 0 Å². The average Bonchev–Trinajstić information content (AvgIpc) is 1.94. The SMILES string of the molecule is CC1(C)CC=C([N+](=O)[O-])C=C1O. The summed E-state index contributed by atoms with van der Waals surface area (Å²) in [6.07, 6.45) is 3.24. The summed E-state index contributed by atoms with van der Waals surface area (Å²) in [5.41, 5.74) is -0.383. The van der Waals surface area contributed by atoms with Crippen LogP contribution in [0.5, 0.6) is 0 Å². The first-order chi connectivity index (χ1) is 5.43. The van der Waals surface area contributed by atoms with Gasteiger partial charge in [-0.3, -0.25) is 10.1 Å². The summed E-state index contributed by atoms with van der Waals surface area (Å²) >= 11 is 0. The monoisotopic (exact) mass is 169 g/mol. The molecule has 1 rings (SSSR count). The van der Waals surface area contributed by atoms with Crippen molar-refractivity contribution in [1.29, 1.82) is 0 Å². The third kappa shape index (κ3) is 1.47. The highest BCUT2D eigenvalue weighted by atomic mass is 16.6. The Morgan fingerprint density at radius 1 is 1.67 bits per heavy atom. The smallest absolute Gasteiger partial charge is 0.268 e. The lowest BCUT2D eigenvalue weighted by Gasteiger charge is -2.23. The topological polar surface area (TPSA) is 63.4 Å². The third-order valence-corrected chi connectivity index (χ3v) is 2.01. The van der Waals surface area contributed by atoms with Gasteiger partial charge in [0.1, 0.15) is 5.76 Å². The Bertz CT molecular complexity index is 276. The molecule has 0 amide bonds. The van der Waals surface area contributed by atoms with Crippen molar-refractivity contribution in [2.75, 3.05) is 0 Å². The van der Waals surface area contributed by atoms with Gasteiger partial charge < -0.3 is 5.11 Å². The molecular weight excluding hydrogens is 158 g/mol. The molecule has 0 aromatic rings. The number of aliphatic hydroxyl groups excluding tert-OH is 1. The highest BCUT2D eigenvalue weighted by Gasteiger charge is 2.28. The standard InChI is InChI=1S/C8H11NO3/c1-8(2)4-3-6(9(11)12)5-7(8)10/h3,5,10H,4H2,1-2H3. The quantitative estimate of drug-likeness (QED) is 0.482. The van der Waals surface area contributed by atoms with Gasteiger partial charge in [-0.1, -0.05) is 13.8 Å². The van der Waals surface area contributed by atoms with E-state index in [0.29, 0.717) is 6.42 Å². The number of nitrogens with zero attached hydrogens (tertiary/aromatic N) is 1. The van der Waals surface area contributed by atoms with Crippen molar-refractivity contribution in [3.8, 4) is 0 Å². The summed E-state index contributed by atoms with van der Waals surface area (Å²) in [5.74, 6) is 0.0803. The van der Waals surface area contributed by atoms with Gasteiger partial charge in [0.05, 0.1) is 11.0 Å². The summed E-state index contributed by atoms with van der Waals surface area (Å²) < 4.78 is 0. The minimum atomic E-state index is -0.495. The van der Waals surface area contributed by atoms with Crippen LogP contribution in [-0.2, 0) is 0 Å². The molecule has 1 N–H and O–H groups in total. The first-order valence-corrected chi connectivity index (χ1v) is 3.69. The van der Waals surface area contributed by atoms with E-state index in [1.165, 1.54) is 12.2 Å². The molecule has 4 nitrogen and oxygen atoms in total. The van der Waals surface area contributed by atoms with Crippen LogP contribution in [0.1, 0.15) is 20.3 Å². The second kappa shape index (κ2) is 2.62. The van der Waals surface area contributed by atoms with Gasteiger partial charge >= 0.3 is 0 Å². The molecule has 0 radical (unpaired) electrons. The van der Waals surface area contributed by atoms with E-state index >= 15 is 0 Å². The Labute approximate surface area is 70.4 Å². The number of hydrogen-bond acceptors (Lipinski definition) is 3. The third-order valence-electron chi connectivity index (χ3n) is 2.01. The molecule has 0 atom stereocenters. The minimum Gasteiger partial charge on any atom is -0.511 e. The van der Waals surface area contributed by atoms with Crippen molar-refractivity contribution >= 4 is 0 Å². The lowest BCUT2D eigenvalue weighted by Crippen LogP contribution is -2.18. The van der Waals surface area contributed by atoms with Gasteiger partial charge in [0.2, 0.25) is 0 Å². The predicted octanol–water partition coefficient (Wildman–Crippen LogP) is 2.02. The van der Waals surface area contributed by atoms with Gasteiger partial charge in [0.25, 0.3) is 5.70 Å². The van der Waals surface area contributed by atoms with Crippen molar-refractivity contribution in [2.45, 2.75) is 20.3 Å². The molecule has 1 aliphatic rings. The van der Waals surface area contributed by atoms with Crippen molar-refractivity contribution in [1.82, 2.24) is 0 Å². The predicted molar refractivity (Wildman–Crippen MR) is 44.2 cm³/mol. The van der Waals surface area contributed by atoms with Gasteiger partial charge in [-0.2, -0.15) is 0 Å². The van der Waals surface area contributed by atoms with Crippen LogP contribution < -0.4 is 0 Å². The molecule has 0 fully saturated rings. The number of aliphatic hydroxyl groups is 1. The van der Waals surface area contributed by atoms with E-state index in [2.05, 4.69) is 0 Å². The van der Waals surface area contributed by atoms with E-state index in [0.717, 1.165) is 0 Å². The summed E-state index contributed by atoms with van der Waals surface area (Å²) in [6, 6.07) is 0. The summed E-state index contributed by atoms with van der Waals surface area (Å²) in [7, 11) is 0. The van der Waals surface area contributed by atoms with Gasteiger partial charge in [-0.25, -0.2) is 0 Å². The molecule has 0 spiro atoms. The molecule has 0 bridgehead atoms. The van der Waals surface area contributed by atoms with E-state index in [9.17, 15) is 15.2 Å². The zero-order valence-electron chi connectivity index (χ0n) is 7.07. The summed E-state index contributed by atoms with van der Waals surface area (Å²) in [4.78, 5) is 9.80. The van der Waals surface area contributed by atoms with E-state index in [1.54, 1.807) is 0 Å². The zero-order chi connectivity index (χ0) is 9.35. The fraction of sp³-hybridized carbons (Fsp3) is 0.500. The van der Waals surface area contributed by atoms with Crippen molar-refractivity contribution < 1.29 is 10.0 Å². The lowest BCUT2D eigenvalue weighted by molar-refractivity contribution is -0.420. The van der Waals surface area contributed by atoms with Crippen LogP contribution in [0.2, 0.25) is 0 Å². The van der Waals surface area contributed by atoms with Gasteiger partial charge in [-0.05, 0) is 12.5 Å². The zero-order valence-corrected chi connectivity index (χ0v) is 7.07. The van der Waals surface area contributed by atoms with Crippen LogP contribution >= 0.6 is 0 Å². The first kappa shape index (κ1) is 8.77. The van der Waals surface area contributed by atoms with Gasteiger partial charge in [0, 0.05) is 5.41 Å². The Morgan fingerprint density at radius 3 is 2.67 bits per heavy atom. The largest absolute Gasteiger partial charge is 0.511 e. The van der Waals surface area contributed by atoms with E-state index in [-0.39, 0.29) is 16.9 Å². The van der Waals surface area contributed by atoms with E-state index in [1.807, 2.05) is 13.8 Å². The fourth-order valence-electron chi connectivity index (χ4n) is 0.986. The maximum absolute atomic E-state index is 10.3. The minimum absolute atomic E-state index is 0.0215. The lowest BCUT2D eigenvalue weighted by atomic mass is 9.83. The molecule has 0 saturated carbocycles. The highest BCUT2D eigenvalue weighted by molar-refractivity contribution is 5.23. The first-order valence-electron chi connectivity index (χ1n) is 3.69. The maximum Gasteiger partial charge on any atom is 0.268 e. The Balaban J connectivity index is 2.93. The summed E-state index contributed by atoms with van der Waals surface area (Å²) in [6.45, 7) is 3.68. The maximum atomic E-state index is 10.3. The Morgan fingerprint density at radius 2 is 2.25 bits per heavy atom. The molecule has 4 heteroatoms. The Hall–Kier alpha value is -1.32. The average molecular weight is 169 g/mol. The van der Waals surface area contributed by atoms with Crippen LogP contribution in [0.15, 0.2) is 23.6 Å². The molecule has 1 aliphatic carbocycles. The van der Waals surface area contributed by atoms with Crippen molar-refractivity contribution in [2.24, 2.45) is 5.41 Å². The molecule has 66 valence electrons. The molecular formula is C8H11NO3. The molecule has 0 saturated heterocycles. The molecule has 0 aliphatic heterocycles. The number of hydrogen-bond donors (Lipinski definition) is 1. The normalized spacial score (nSPS) is 21.2. The van der Waals surface area contributed by atoms with Crippen LogP contribution in [0, 0.1) is 15.5 Å². The number of nitro groups is 1. The number of rotatable bonds is 1. The second-order valence-corrected chi connectivity index (χ2v) is 3.50. The van der Waals surface area contributed by atoms with Gasteiger partial charge in [-0.15, -0.1) is 0 Å². The van der Waals surface area contributed by atoms with Gasteiger partial charge in [0.15, 0.2) is 0 Å². The molecule has 0 unspecified atom stereocenters. The van der Waals surface area contributed by atoms with Crippen molar-refractivity contribution in [3.05, 3.63) is 33.7 Å². The van der Waals surface area contributed by atoms with E-state index < -0.39 is 4.92 Å². The van der Waals surface area contributed by atoms with Crippen LogP contribution in [0.4, 0.5) is 0 Å². The molecule has 12 heavy (non-hydrogen) atoms. The fourth-order valence-corrected chi connectivity index (χ4v) is 0.986. The highest BCUT2D eigenvalue weighted by Crippen LogP contribution is 2.33. The van der Waals surface area contributed by atoms with Crippen molar-refractivity contribution in [3.63, 3.8) is 0 Å². The molecule has 0 aromatic carbocycles. The second-order valence-electron chi connectivity index (χ2n) is 3.50. The molecule has 0 aromatic heterocycles. The number of allylic oxidation sites excluding steroid dienone is 3. The summed E-state index contributed by atoms with van der Waals surface area (Å²) in [5, 5.41) is 19.7. The molecule has 0 heterocycles.